The van der Waals surface area contributed by atoms with E-state index >= 15 is 0 Å². The maximum Gasteiger partial charge on any atom is 0.213 e. The molecule has 0 aliphatic rings. The van der Waals surface area contributed by atoms with Crippen molar-refractivity contribution in [3.8, 4) is 33.4 Å². The molecular formula is C48H32NO2P. The van der Waals surface area contributed by atoms with Crippen molar-refractivity contribution >= 4 is 61.5 Å². The van der Waals surface area contributed by atoms with E-state index in [9.17, 15) is 4.57 Å². The number of benzene rings is 8. The van der Waals surface area contributed by atoms with Gasteiger partial charge < -0.3 is 8.98 Å². The van der Waals surface area contributed by atoms with Gasteiger partial charge in [0.05, 0.1) is 16.6 Å². The van der Waals surface area contributed by atoms with Gasteiger partial charge in [-0.15, -0.1) is 0 Å². The van der Waals surface area contributed by atoms with E-state index < -0.39 is 7.14 Å². The maximum absolute atomic E-state index is 14.9. The summed E-state index contributed by atoms with van der Waals surface area (Å²) in [7, 11) is -3.04. The molecule has 10 rings (SSSR count). The maximum atomic E-state index is 14.9. The molecule has 10 aromatic rings. The molecule has 0 N–H and O–H groups in total. The Kier molecular flexibility index (Phi) is 7.09. The molecule has 0 atom stereocenters. The van der Waals surface area contributed by atoms with Gasteiger partial charge in [-0.3, -0.25) is 4.40 Å². The van der Waals surface area contributed by atoms with Gasteiger partial charge in [0.2, 0.25) is 5.71 Å². The summed E-state index contributed by atoms with van der Waals surface area (Å²) < 4.78 is 23.7. The predicted octanol–water partition coefficient (Wildman–Crippen LogP) is 11.6. The topological polar surface area (TPSA) is 34.6 Å². The van der Waals surface area contributed by atoms with E-state index in [1.54, 1.807) is 0 Å². The molecule has 0 amide bonds. The number of para-hydroxylation sites is 2. The second-order valence-electron chi connectivity index (χ2n) is 13.3. The van der Waals surface area contributed by atoms with Crippen molar-refractivity contribution in [1.82, 2.24) is 4.40 Å². The van der Waals surface area contributed by atoms with E-state index in [4.69, 9.17) is 4.42 Å². The van der Waals surface area contributed by atoms with Crippen molar-refractivity contribution in [2.75, 3.05) is 0 Å². The highest BCUT2D eigenvalue weighted by Crippen LogP contribution is 2.44. The molecule has 0 radical (unpaired) electrons. The van der Waals surface area contributed by atoms with E-state index in [-0.39, 0.29) is 0 Å². The van der Waals surface area contributed by atoms with Crippen LogP contribution in [0.15, 0.2) is 199 Å². The van der Waals surface area contributed by atoms with Crippen molar-refractivity contribution in [2.45, 2.75) is 0 Å². The van der Waals surface area contributed by atoms with Crippen LogP contribution in [0.5, 0.6) is 0 Å². The molecule has 2 heterocycles. The Labute approximate surface area is 301 Å². The molecular weight excluding hydrogens is 654 g/mol. The lowest BCUT2D eigenvalue weighted by Crippen LogP contribution is -2.24. The lowest BCUT2D eigenvalue weighted by atomic mass is 9.97. The van der Waals surface area contributed by atoms with Crippen LogP contribution in [0, 0.1) is 0 Å². The van der Waals surface area contributed by atoms with Crippen LogP contribution in [0.25, 0.3) is 71.9 Å². The van der Waals surface area contributed by atoms with Crippen LogP contribution in [0.4, 0.5) is 0 Å². The largest absolute Gasteiger partial charge is 0.438 e. The highest BCUT2D eigenvalue weighted by Gasteiger charge is 2.29. The average molecular weight is 686 g/mol. The fourth-order valence-corrected chi connectivity index (χ4v) is 10.3. The second kappa shape index (κ2) is 12.1. The molecule has 0 unspecified atom stereocenters. The standard InChI is InChI=1S/C48H32NO2P/c50-52(40-13-3-1-4-14-40,41-15-5-2-6-16-41)42-28-25-35(26-29-42)34-19-22-36(23-20-34)47-43-32-39(38-24-21-33-11-7-8-12-37(33)31-38)27-30-44(43)49-45-17-9-10-18-46(45)51-48(47)49/h1-32H. The van der Waals surface area contributed by atoms with Crippen LogP contribution in [0.1, 0.15) is 0 Å². The Bertz CT molecular complexity index is 2920. The summed E-state index contributed by atoms with van der Waals surface area (Å²) in [5, 5.41) is 6.09. The van der Waals surface area contributed by atoms with Gasteiger partial charge in [0.15, 0.2) is 12.7 Å². The summed E-state index contributed by atoms with van der Waals surface area (Å²) in [5.41, 5.74) is 10.5. The molecule has 246 valence electrons. The summed E-state index contributed by atoms with van der Waals surface area (Å²) >= 11 is 0. The fraction of sp³-hybridized carbons (Fsp3) is 0. The van der Waals surface area contributed by atoms with Gasteiger partial charge in [-0.25, -0.2) is 0 Å². The third kappa shape index (κ3) is 4.86. The molecule has 4 heteroatoms. The SMILES string of the molecule is O=P(c1ccccc1)(c1ccccc1)c1ccc(-c2ccc(-c3c4cc(-c5ccc6ccccc6c5)ccc4n4c3oc3ccccc34)cc2)cc1. The number of nitrogens with zero attached hydrogens (tertiary/aromatic N) is 1. The van der Waals surface area contributed by atoms with Gasteiger partial charge in [-0.05, 0) is 68.9 Å². The first kappa shape index (κ1) is 30.4. The number of rotatable bonds is 6. The monoisotopic (exact) mass is 685 g/mol. The van der Waals surface area contributed by atoms with Crippen LogP contribution >= 0.6 is 7.14 Å². The van der Waals surface area contributed by atoms with Crippen LogP contribution in [0.3, 0.4) is 0 Å². The minimum atomic E-state index is -3.04. The lowest BCUT2D eigenvalue weighted by molar-refractivity contribution is 0.592. The number of aromatic nitrogens is 1. The van der Waals surface area contributed by atoms with E-state index in [0.29, 0.717) is 0 Å². The molecule has 0 aliphatic carbocycles. The van der Waals surface area contributed by atoms with E-state index in [2.05, 4.69) is 114 Å². The fourth-order valence-electron chi connectivity index (χ4n) is 7.68. The number of fused-ring (bicyclic) bond motifs is 6. The van der Waals surface area contributed by atoms with Gasteiger partial charge >= 0.3 is 0 Å². The molecule has 0 spiro atoms. The third-order valence-electron chi connectivity index (χ3n) is 10.3. The first-order valence-corrected chi connectivity index (χ1v) is 19.2. The summed E-state index contributed by atoms with van der Waals surface area (Å²) in [6.07, 6.45) is 0. The van der Waals surface area contributed by atoms with Crippen molar-refractivity contribution in [2.24, 2.45) is 0 Å². The Hall–Kier alpha value is -6.41. The first-order chi connectivity index (χ1) is 25.6. The Balaban J connectivity index is 1.07. The average Bonchev–Trinajstić information content (AvgIpc) is 3.75. The molecule has 3 nitrogen and oxygen atoms in total. The van der Waals surface area contributed by atoms with Crippen molar-refractivity contribution in [1.29, 1.82) is 0 Å². The van der Waals surface area contributed by atoms with E-state index in [1.807, 2.05) is 84.9 Å². The third-order valence-corrected chi connectivity index (χ3v) is 13.4. The Morgan fingerprint density at radius 3 is 1.63 bits per heavy atom. The van der Waals surface area contributed by atoms with Crippen molar-refractivity contribution < 1.29 is 8.98 Å². The van der Waals surface area contributed by atoms with Gasteiger partial charge in [0, 0.05) is 21.3 Å². The molecule has 0 fully saturated rings. The quantitative estimate of drug-likeness (QED) is 0.163. The molecule has 0 saturated carbocycles. The first-order valence-electron chi connectivity index (χ1n) is 17.5. The zero-order valence-corrected chi connectivity index (χ0v) is 29.1. The summed E-state index contributed by atoms with van der Waals surface area (Å²) in [6.45, 7) is 0. The van der Waals surface area contributed by atoms with Crippen LogP contribution in [0.2, 0.25) is 0 Å². The molecule has 8 aromatic carbocycles. The van der Waals surface area contributed by atoms with Gasteiger partial charge in [0.1, 0.15) is 0 Å². The minimum Gasteiger partial charge on any atom is -0.438 e. The van der Waals surface area contributed by atoms with E-state index in [1.165, 1.54) is 16.3 Å². The normalized spacial score (nSPS) is 11.9. The van der Waals surface area contributed by atoms with Crippen LogP contribution in [-0.4, -0.2) is 4.40 Å². The molecule has 0 bridgehead atoms. The van der Waals surface area contributed by atoms with Gasteiger partial charge in [-0.1, -0.05) is 164 Å². The number of hydrogen-bond acceptors (Lipinski definition) is 2. The molecule has 0 aliphatic heterocycles. The van der Waals surface area contributed by atoms with E-state index in [0.717, 1.165) is 71.4 Å². The Morgan fingerprint density at radius 2 is 0.923 bits per heavy atom. The number of oxazole rings is 1. The van der Waals surface area contributed by atoms with Gasteiger partial charge in [0.25, 0.3) is 0 Å². The smallest absolute Gasteiger partial charge is 0.213 e. The highest BCUT2D eigenvalue weighted by atomic mass is 31.2. The zero-order valence-electron chi connectivity index (χ0n) is 28.2. The lowest BCUT2D eigenvalue weighted by Gasteiger charge is -2.20. The molecule has 2 aromatic heterocycles. The van der Waals surface area contributed by atoms with Crippen LogP contribution < -0.4 is 15.9 Å². The second-order valence-corrected chi connectivity index (χ2v) is 16.1. The predicted molar refractivity (Wildman–Crippen MR) is 218 cm³/mol. The highest BCUT2D eigenvalue weighted by molar-refractivity contribution is 7.85. The van der Waals surface area contributed by atoms with Crippen molar-refractivity contribution in [3.63, 3.8) is 0 Å². The number of hydrogen-bond donors (Lipinski definition) is 0. The van der Waals surface area contributed by atoms with Crippen molar-refractivity contribution in [3.05, 3.63) is 194 Å². The zero-order chi connectivity index (χ0) is 34.6. The van der Waals surface area contributed by atoms with Gasteiger partial charge in [-0.2, -0.15) is 0 Å². The Morgan fingerprint density at radius 1 is 0.404 bits per heavy atom. The van der Waals surface area contributed by atoms with Crippen LogP contribution in [-0.2, 0) is 4.57 Å². The summed E-state index contributed by atoms with van der Waals surface area (Å²) in [5.74, 6) is 0. The summed E-state index contributed by atoms with van der Waals surface area (Å²) in [4.78, 5) is 0. The molecule has 52 heavy (non-hydrogen) atoms. The minimum absolute atomic E-state index is 0.819. The summed E-state index contributed by atoms with van der Waals surface area (Å²) in [6, 6.07) is 66.7. The molecule has 0 saturated heterocycles.